The van der Waals surface area contributed by atoms with Crippen molar-refractivity contribution < 1.29 is 4.79 Å². The second-order valence-corrected chi connectivity index (χ2v) is 4.81. The van der Waals surface area contributed by atoms with Gasteiger partial charge < -0.3 is 10.6 Å². The van der Waals surface area contributed by atoms with Crippen molar-refractivity contribution in [2.24, 2.45) is 0 Å². The SMILES string of the molecule is CCCNc1ncccc1C(=O)NCc1ccncc1C. The second kappa shape index (κ2) is 7.38. The van der Waals surface area contributed by atoms with E-state index in [0.717, 1.165) is 24.1 Å². The van der Waals surface area contributed by atoms with Crippen LogP contribution in [0.3, 0.4) is 0 Å². The monoisotopic (exact) mass is 284 g/mol. The molecule has 1 amide bonds. The average Bonchev–Trinajstić information content (AvgIpc) is 2.52. The first kappa shape index (κ1) is 15.0. The number of carbonyl (C=O) groups is 1. The number of amides is 1. The number of hydrogen-bond acceptors (Lipinski definition) is 4. The molecule has 2 rings (SSSR count). The Morgan fingerprint density at radius 3 is 2.90 bits per heavy atom. The number of hydrogen-bond donors (Lipinski definition) is 2. The summed E-state index contributed by atoms with van der Waals surface area (Å²) in [6, 6.07) is 5.46. The molecule has 0 saturated carbocycles. The zero-order valence-corrected chi connectivity index (χ0v) is 12.4. The standard InChI is InChI=1S/C16H20N4O/c1-3-7-18-15-14(5-4-8-19-15)16(21)20-11-13-6-9-17-10-12(13)2/h4-6,8-10H,3,7,11H2,1-2H3,(H,18,19)(H,20,21). The van der Waals surface area contributed by atoms with Crippen molar-refractivity contribution >= 4 is 11.7 Å². The quantitative estimate of drug-likeness (QED) is 0.855. The number of carbonyl (C=O) groups excluding carboxylic acids is 1. The van der Waals surface area contributed by atoms with Crippen LogP contribution in [0, 0.1) is 6.92 Å². The molecule has 0 spiro atoms. The lowest BCUT2D eigenvalue weighted by molar-refractivity contribution is 0.0951. The third kappa shape index (κ3) is 4.02. The van der Waals surface area contributed by atoms with Crippen LogP contribution in [0.25, 0.3) is 0 Å². The van der Waals surface area contributed by atoms with Gasteiger partial charge in [-0.05, 0) is 42.7 Å². The first-order chi connectivity index (χ1) is 10.2. The molecule has 0 aliphatic carbocycles. The summed E-state index contributed by atoms with van der Waals surface area (Å²) in [5, 5.41) is 6.10. The molecular formula is C16H20N4O. The van der Waals surface area contributed by atoms with E-state index in [0.29, 0.717) is 17.9 Å². The predicted molar refractivity (Wildman–Crippen MR) is 83.2 cm³/mol. The highest BCUT2D eigenvalue weighted by Crippen LogP contribution is 2.12. The summed E-state index contributed by atoms with van der Waals surface area (Å²) in [5.74, 6) is 0.501. The minimum absolute atomic E-state index is 0.127. The molecule has 5 nitrogen and oxygen atoms in total. The second-order valence-electron chi connectivity index (χ2n) is 4.81. The highest BCUT2D eigenvalue weighted by molar-refractivity contribution is 5.98. The Morgan fingerprint density at radius 1 is 1.29 bits per heavy atom. The molecule has 2 N–H and O–H groups in total. The zero-order chi connectivity index (χ0) is 15.1. The van der Waals surface area contributed by atoms with E-state index in [-0.39, 0.29) is 5.91 Å². The lowest BCUT2D eigenvalue weighted by Gasteiger charge is -2.11. The molecule has 0 bridgehead atoms. The highest BCUT2D eigenvalue weighted by Gasteiger charge is 2.11. The van der Waals surface area contributed by atoms with Crippen LogP contribution in [-0.2, 0) is 6.54 Å². The molecule has 0 aliphatic rings. The molecule has 2 aromatic heterocycles. The maximum atomic E-state index is 12.3. The maximum Gasteiger partial charge on any atom is 0.255 e. The van der Waals surface area contributed by atoms with Crippen molar-refractivity contribution in [3.05, 3.63) is 53.5 Å². The molecule has 2 heterocycles. The van der Waals surface area contributed by atoms with Gasteiger partial charge in [-0.1, -0.05) is 6.92 Å². The van der Waals surface area contributed by atoms with Crippen molar-refractivity contribution in [2.75, 3.05) is 11.9 Å². The Hall–Kier alpha value is -2.43. The van der Waals surface area contributed by atoms with E-state index in [1.54, 1.807) is 30.7 Å². The van der Waals surface area contributed by atoms with E-state index in [1.165, 1.54) is 0 Å². The fraction of sp³-hybridized carbons (Fsp3) is 0.312. The first-order valence-corrected chi connectivity index (χ1v) is 7.09. The van der Waals surface area contributed by atoms with Crippen molar-refractivity contribution in [3.63, 3.8) is 0 Å². The molecule has 21 heavy (non-hydrogen) atoms. The molecular weight excluding hydrogens is 264 g/mol. The van der Waals surface area contributed by atoms with Gasteiger partial charge in [-0.25, -0.2) is 4.98 Å². The largest absolute Gasteiger partial charge is 0.369 e. The number of nitrogens with one attached hydrogen (secondary N) is 2. The maximum absolute atomic E-state index is 12.3. The first-order valence-electron chi connectivity index (χ1n) is 7.09. The number of anilines is 1. The summed E-state index contributed by atoms with van der Waals surface area (Å²) in [7, 11) is 0. The number of aryl methyl sites for hydroxylation is 1. The fourth-order valence-corrected chi connectivity index (χ4v) is 1.94. The Kier molecular flexibility index (Phi) is 5.26. The summed E-state index contributed by atoms with van der Waals surface area (Å²) in [4.78, 5) is 20.6. The molecule has 0 saturated heterocycles. The van der Waals surface area contributed by atoms with Crippen LogP contribution in [-0.4, -0.2) is 22.4 Å². The van der Waals surface area contributed by atoms with E-state index in [2.05, 4.69) is 27.5 Å². The van der Waals surface area contributed by atoms with Gasteiger partial charge in [-0.15, -0.1) is 0 Å². The van der Waals surface area contributed by atoms with Crippen LogP contribution < -0.4 is 10.6 Å². The van der Waals surface area contributed by atoms with Gasteiger partial charge in [-0.3, -0.25) is 9.78 Å². The molecule has 0 unspecified atom stereocenters. The van der Waals surface area contributed by atoms with Crippen LogP contribution in [0.5, 0.6) is 0 Å². The van der Waals surface area contributed by atoms with Crippen molar-refractivity contribution in [1.29, 1.82) is 0 Å². The minimum Gasteiger partial charge on any atom is -0.369 e. The summed E-state index contributed by atoms with van der Waals surface area (Å²) in [6.45, 7) is 5.32. The van der Waals surface area contributed by atoms with Gasteiger partial charge in [0, 0.05) is 31.7 Å². The smallest absolute Gasteiger partial charge is 0.255 e. The Bertz CT molecular complexity index is 613. The lowest BCUT2D eigenvalue weighted by atomic mass is 10.1. The Labute approximate surface area is 124 Å². The van der Waals surface area contributed by atoms with Gasteiger partial charge in [0.25, 0.3) is 5.91 Å². The van der Waals surface area contributed by atoms with Crippen LogP contribution in [0.2, 0.25) is 0 Å². The van der Waals surface area contributed by atoms with Gasteiger partial charge in [0.15, 0.2) is 0 Å². The normalized spacial score (nSPS) is 10.2. The lowest BCUT2D eigenvalue weighted by Crippen LogP contribution is -2.24. The van der Waals surface area contributed by atoms with E-state index in [9.17, 15) is 4.79 Å². The van der Waals surface area contributed by atoms with Gasteiger partial charge >= 0.3 is 0 Å². The minimum atomic E-state index is -0.127. The molecule has 0 radical (unpaired) electrons. The van der Waals surface area contributed by atoms with Gasteiger partial charge in [0.2, 0.25) is 0 Å². The summed E-state index contributed by atoms with van der Waals surface area (Å²) in [6.07, 6.45) is 6.18. The summed E-state index contributed by atoms with van der Waals surface area (Å²) in [5.41, 5.74) is 2.69. The number of aromatic nitrogens is 2. The van der Waals surface area contributed by atoms with Crippen LogP contribution in [0.1, 0.15) is 34.8 Å². The topological polar surface area (TPSA) is 66.9 Å². The predicted octanol–water partition coefficient (Wildman–Crippen LogP) is 2.54. The summed E-state index contributed by atoms with van der Waals surface area (Å²) >= 11 is 0. The third-order valence-corrected chi connectivity index (χ3v) is 3.17. The van der Waals surface area contributed by atoms with E-state index in [4.69, 9.17) is 0 Å². The highest BCUT2D eigenvalue weighted by atomic mass is 16.1. The molecule has 5 heteroatoms. The number of pyridine rings is 2. The molecule has 0 atom stereocenters. The number of nitrogens with zero attached hydrogens (tertiary/aromatic N) is 2. The van der Waals surface area contributed by atoms with E-state index in [1.807, 2.05) is 13.0 Å². The van der Waals surface area contributed by atoms with Crippen LogP contribution >= 0.6 is 0 Å². The molecule has 0 aromatic carbocycles. The van der Waals surface area contributed by atoms with Crippen molar-refractivity contribution in [3.8, 4) is 0 Å². The molecule has 0 aliphatic heterocycles. The van der Waals surface area contributed by atoms with Crippen molar-refractivity contribution in [1.82, 2.24) is 15.3 Å². The molecule has 0 fully saturated rings. The molecule has 110 valence electrons. The molecule has 2 aromatic rings. The average molecular weight is 284 g/mol. The summed E-state index contributed by atoms with van der Waals surface area (Å²) < 4.78 is 0. The Morgan fingerprint density at radius 2 is 2.14 bits per heavy atom. The van der Waals surface area contributed by atoms with Crippen LogP contribution in [0.15, 0.2) is 36.8 Å². The van der Waals surface area contributed by atoms with E-state index >= 15 is 0 Å². The Balaban J connectivity index is 2.05. The number of rotatable bonds is 6. The van der Waals surface area contributed by atoms with Gasteiger partial charge in [0.05, 0.1) is 5.56 Å². The van der Waals surface area contributed by atoms with Crippen LogP contribution in [0.4, 0.5) is 5.82 Å². The van der Waals surface area contributed by atoms with Gasteiger partial charge in [0.1, 0.15) is 5.82 Å². The zero-order valence-electron chi connectivity index (χ0n) is 12.4. The van der Waals surface area contributed by atoms with Crippen molar-refractivity contribution in [2.45, 2.75) is 26.8 Å². The van der Waals surface area contributed by atoms with E-state index < -0.39 is 0 Å². The third-order valence-electron chi connectivity index (χ3n) is 3.17. The fourth-order valence-electron chi connectivity index (χ4n) is 1.94. The van der Waals surface area contributed by atoms with Gasteiger partial charge in [-0.2, -0.15) is 0 Å².